The molecule has 9 nitrogen and oxygen atoms in total. The van der Waals surface area contributed by atoms with Crippen molar-refractivity contribution in [2.45, 2.75) is 25.9 Å². The van der Waals surface area contributed by atoms with Crippen LogP contribution in [0.25, 0.3) is 5.69 Å². The van der Waals surface area contributed by atoms with Crippen molar-refractivity contribution in [2.75, 3.05) is 20.6 Å². The molecule has 1 aliphatic rings. The van der Waals surface area contributed by atoms with Gasteiger partial charge in [-0.25, -0.2) is 4.39 Å². The van der Waals surface area contributed by atoms with Crippen LogP contribution in [0.4, 0.5) is 4.39 Å². The molecule has 0 spiro atoms. The summed E-state index contributed by atoms with van der Waals surface area (Å²) in [7, 11) is 3.18. The van der Waals surface area contributed by atoms with Crippen LogP contribution >= 0.6 is 0 Å². The van der Waals surface area contributed by atoms with Crippen LogP contribution in [0.2, 0.25) is 0 Å². The lowest BCUT2D eigenvalue weighted by molar-refractivity contribution is -0.132. The number of fused-ring (bicyclic) bond motifs is 1. The van der Waals surface area contributed by atoms with Gasteiger partial charge < -0.3 is 14.4 Å². The Morgan fingerprint density at radius 1 is 1.12 bits per heavy atom. The number of amides is 2. The summed E-state index contributed by atoms with van der Waals surface area (Å²) in [6.07, 6.45) is 5.45. The van der Waals surface area contributed by atoms with E-state index >= 15 is 0 Å². The molecule has 0 aliphatic carbocycles. The Morgan fingerprint density at radius 2 is 1.81 bits per heavy atom. The highest BCUT2D eigenvalue weighted by Crippen LogP contribution is 2.23. The molecule has 166 valence electrons. The van der Waals surface area contributed by atoms with Crippen molar-refractivity contribution in [2.24, 2.45) is 0 Å². The lowest BCUT2D eigenvalue weighted by atomic mass is 9.95. The molecular weight excluding hydrogens is 415 g/mol. The summed E-state index contributed by atoms with van der Waals surface area (Å²) in [5, 5.41) is 7.46. The van der Waals surface area contributed by atoms with Crippen LogP contribution in [0, 0.1) is 5.82 Å². The van der Waals surface area contributed by atoms with Crippen molar-refractivity contribution in [3.05, 3.63) is 76.0 Å². The predicted octanol–water partition coefficient (Wildman–Crippen LogP) is 1.24. The maximum absolute atomic E-state index is 13.4. The van der Waals surface area contributed by atoms with Gasteiger partial charge in [0.2, 0.25) is 5.91 Å². The number of carbonyl (C=O) groups is 2. The Balaban J connectivity index is 1.69. The quantitative estimate of drug-likeness (QED) is 0.598. The third-order valence-electron chi connectivity index (χ3n) is 5.53. The summed E-state index contributed by atoms with van der Waals surface area (Å²) < 4.78 is 16.5. The molecule has 0 fully saturated rings. The molecule has 3 aromatic rings. The van der Waals surface area contributed by atoms with Crippen molar-refractivity contribution in [3.63, 3.8) is 0 Å². The number of halogens is 1. The minimum absolute atomic E-state index is 0.0376. The second-order valence-electron chi connectivity index (χ2n) is 7.87. The number of pyridine rings is 1. The molecule has 3 heterocycles. The first-order valence-corrected chi connectivity index (χ1v) is 10.2. The Kier molecular flexibility index (Phi) is 5.85. The largest absolute Gasteiger partial charge is 0.345 e. The number of carbonyl (C=O) groups excluding carboxylic acids is 2. The maximum Gasteiger partial charge on any atom is 0.268 e. The zero-order valence-corrected chi connectivity index (χ0v) is 17.9. The molecular formula is C22H23FN6O3. The van der Waals surface area contributed by atoms with Crippen molar-refractivity contribution in [1.82, 2.24) is 29.1 Å². The summed E-state index contributed by atoms with van der Waals surface area (Å²) in [5.74, 6) is -0.853. The van der Waals surface area contributed by atoms with Crippen molar-refractivity contribution in [3.8, 4) is 5.69 Å². The molecule has 1 aromatic carbocycles. The molecule has 0 bridgehead atoms. The second kappa shape index (κ2) is 8.74. The molecule has 4 rings (SSSR count). The van der Waals surface area contributed by atoms with Crippen LogP contribution in [-0.2, 0) is 24.3 Å². The summed E-state index contributed by atoms with van der Waals surface area (Å²) in [6, 6.07) is 5.49. The molecule has 1 aliphatic heterocycles. The van der Waals surface area contributed by atoms with Crippen LogP contribution in [-0.4, -0.2) is 61.6 Å². The zero-order valence-electron chi connectivity index (χ0n) is 17.9. The fourth-order valence-electron chi connectivity index (χ4n) is 3.83. The first-order chi connectivity index (χ1) is 15.3. The average molecular weight is 438 g/mol. The first-order valence-electron chi connectivity index (χ1n) is 10.2. The Labute approximate surface area is 183 Å². The number of aryl methyl sites for hydroxylation is 1. The smallest absolute Gasteiger partial charge is 0.268 e. The molecule has 2 aromatic heterocycles. The fourth-order valence-corrected chi connectivity index (χ4v) is 3.83. The van der Waals surface area contributed by atoms with Gasteiger partial charge in [-0.2, -0.15) is 0 Å². The van der Waals surface area contributed by atoms with E-state index in [0.717, 1.165) is 5.56 Å². The molecule has 0 saturated carbocycles. The summed E-state index contributed by atoms with van der Waals surface area (Å²) in [4.78, 5) is 42.0. The van der Waals surface area contributed by atoms with E-state index in [9.17, 15) is 18.8 Å². The van der Waals surface area contributed by atoms with Crippen LogP contribution in [0.3, 0.4) is 0 Å². The molecule has 0 unspecified atom stereocenters. The number of hydrogen-bond donors (Lipinski definition) is 0. The van der Waals surface area contributed by atoms with Crippen molar-refractivity contribution >= 4 is 11.8 Å². The molecule has 2 amide bonds. The van der Waals surface area contributed by atoms with E-state index in [1.807, 2.05) is 0 Å². The topological polar surface area (TPSA) is 93.3 Å². The summed E-state index contributed by atoms with van der Waals surface area (Å²) >= 11 is 0. The van der Waals surface area contributed by atoms with Crippen LogP contribution in [0.5, 0.6) is 0 Å². The van der Waals surface area contributed by atoms with Gasteiger partial charge >= 0.3 is 0 Å². The van der Waals surface area contributed by atoms with E-state index in [4.69, 9.17) is 0 Å². The minimum Gasteiger partial charge on any atom is -0.345 e. The van der Waals surface area contributed by atoms with Crippen LogP contribution in [0.1, 0.15) is 27.9 Å². The lowest BCUT2D eigenvalue weighted by Gasteiger charge is -2.31. The Morgan fingerprint density at radius 3 is 2.47 bits per heavy atom. The normalized spacial score (nSPS) is 13.0. The first kappa shape index (κ1) is 21.4. The number of aromatic nitrogens is 4. The SMILES string of the molecule is CN(C)C(=O)c1c2c(cn(-c3ccc(F)cc3)c1=O)CN(C(=O)CCn1cnnc1)CC2. The highest BCUT2D eigenvalue weighted by molar-refractivity contribution is 5.95. The molecule has 0 N–H and O–H groups in total. The van der Waals surface area contributed by atoms with Crippen molar-refractivity contribution < 1.29 is 14.0 Å². The highest BCUT2D eigenvalue weighted by atomic mass is 19.1. The van der Waals surface area contributed by atoms with E-state index in [1.165, 1.54) is 33.7 Å². The van der Waals surface area contributed by atoms with Gasteiger partial charge in [0.25, 0.3) is 11.5 Å². The number of hydrogen-bond acceptors (Lipinski definition) is 5. The summed E-state index contributed by atoms with van der Waals surface area (Å²) in [6.45, 7) is 1.17. The van der Waals surface area contributed by atoms with Gasteiger partial charge in [-0.3, -0.25) is 19.0 Å². The molecule has 0 radical (unpaired) electrons. The summed E-state index contributed by atoms with van der Waals surface area (Å²) in [5.41, 5.74) is 1.47. The second-order valence-corrected chi connectivity index (χ2v) is 7.87. The van der Waals surface area contributed by atoms with E-state index < -0.39 is 17.3 Å². The zero-order chi connectivity index (χ0) is 22.8. The molecule has 0 saturated heterocycles. The third kappa shape index (κ3) is 4.16. The van der Waals surface area contributed by atoms with E-state index in [-0.39, 0.29) is 24.4 Å². The molecule has 0 atom stereocenters. The van der Waals surface area contributed by atoms with Crippen LogP contribution in [0.15, 0.2) is 47.9 Å². The van der Waals surface area contributed by atoms with Crippen molar-refractivity contribution in [1.29, 1.82) is 0 Å². The number of nitrogens with zero attached hydrogens (tertiary/aromatic N) is 6. The molecule has 10 heteroatoms. The van der Waals surface area contributed by atoms with E-state index in [1.54, 1.807) is 42.4 Å². The number of benzene rings is 1. The van der Waals surface area contributed by atoms with Gasteiger partial charge in [-0.1, -0.05) is 0 Å². The molecule has 32 heavy (non-hydrogen) atoms. The van der Waals surface area contributed by atoms with Gasteiger partial charge in [0.05, 0.1) is 0 Å². The lowest BCUT2D eigenvalue weighted by Crippen LogP contribution is -2.41. The Bertz CT molecular complexity index is 1200. The maximum atomic E-state index is 13.4. The number of rotatable bonds is 5. The van der Waals surface area contributed by atoms with Gasteiger partial charge in [0.15, 0.2) is 0 Å². The van der Waals surface area contributed by atoms with Gasteiger partial charge in [0, 0.05) is 52.0 Å². The monoisotopic (exact) mass is 438 g/mol. The van der Waals surface area contributed by atoms with Gasteiger partial charge in [-0.15, -0.1) is 10.2 Å². The van der Waals surface area contributed by atoms with Gasteiger partial charge in [0.1, 0.15) is 24.0 Å². The van der Waals surface area contributed by atoms with Crippen LogP contribution < -0.4 is 5.56 Å². The predicted molar refractivity (Wildman–Crippen MR) is 114 cm³/mol. The fraction of sp³-hybridized carbons (Fsp3) is 0.318. The van der Waals surface area contributed by atoms with E-state index in [2.05, 4.69) is 10.2 Å². The standard InChI is InChI=1S/C22H23FN6O3/c1-26(2)21(31)20-18-7-10-28(19(30)8-9-27-13-24-25-14-27)11-15(18)12-29(22(20)32)17-5-3-16(23)4-6-17/h3-6,12-14H,7-11H2,1-2H3. The highest BCUT2D eigenvalue weighted by Gasteiger charge is 2.29. The van der Waals surface area contributed by atoms with Gasteiger partial charge in [-0.05, 0) is 41.8 Å². The Hall–Kier alpha value is -3.82. The van der Waals surface area contributed by atoms with E-state index in [0.29, 0.717) is 30.8 Å². The average Bonchev–Trinajstić information content (AvgIpc) is 3.30. The minimum atomic E-state index is -0.457. The third-order valence-corrected chi connectivity index (χ3v) is 5.53.